The molecule has 1 N–H and O–H groups in total. The van der Waals surface area contributed by atoms with Gasteiger partial charge >= 0.3 is 0 Å². The van der Waals surface area contributed by atoms with Gasteiger partial charge < -0.3 is 5.32 Å². The molecule has 0 bridgehead atoms. The van der Waals surface area contributed by atoms with Gasteiger partial charge in [0.1, 0.15) is 0 Å². The molecule has 0 spiro atoms. The highest BCUT2D eigenvalue weighted by Crippen LogP contribution is 2.27. The highest BCUT2D eigenvalue weighted by molar-refractivity contribution is 8.00. The zero-order valence-electron chi connectivity index (χ0n) is 15.8. The van der Waals surface area contributed by atoms with E-state index in [-0.39, 0.29) is 22.5 Å². The molecule has 1 aromatic heterocycles. The first kappa shape index (κ1) is 20.1. The predicted octanol–water partition coefficient (Wildman–Crippen LogP) is 2.47. The van der Waals surface area contributed by atoms with Crippen molar-refractivity contribution < 1.29 is 9.59 Å². The van der Waals surface area contributed by atoms with E-state index in [0.29, 0.717) is 17.3 Å². The third-order valence-corrected chi connectivity index (χ3v) is 4.79. The zero-order chi connectivity index (χ0) is 19.3. The molecule has 2 aromatic rings. The highest BCUT2D eigenvalue weighted by Gasteiger charge is 2.24. The number of ketones is 1. The second kappa shape index (κ2) is 8.44. The number of rotatable bonds is 7. The Morgan fingerprint density at radius 3 is 2.46 bits per heavy atom. The van der Waals surface area contributed by atoms with Crippen molar-refractivity contribution in [2.75, 3.05) is 6.54 Å². The van der Waals surface area contributed by atoms with Gasteiger partial charge in [-0.05, 0) is 50.1 Å². The van der Waals surface area contributed by atoms with E-state index >= 15 is 0 Å². The van der Waals surface area contributed by atoms with Crippen LogP contribution in [0.3, 0.4) is 0 Å². The average Bonchev–Trinajstić information content (AvgIpc) is 3.03. The van der Waals surface area contributed by atoms with Crippen LogP contribution in [-0.2, 0) is 16.8 Å². The Balaban J connectivity index is 2.00. The van der Waals surface area contributed by atoms with E-state index in [1.807, 2.05) is 52.0 Å². The fourth-order valence-electron chi connectivity index (χ4n) is 2.34. The minimum Gasteiger partial charge on any atom is -0.356 e. The van der Waals surface area contributed by atoms with Crippen LogP contribution in [0.5, 0.6) is 0 Å². The normalized spacial score (nSPS) is 12.7. The maximum atomic E-state index is 12.7. The maximum absolute atomic E-state index is 12.7. The molecule has 26 heavy (non-hydrogen) atoms. The summed E-state index contributed by atoms with van der Waals surface area (Å²) < 4.78 is 1.73. The van der Waals surface area contributed by atoms with E-state index < -0.39 is 0 Å². The summed E-state index contributed by atoms with van der Waals surface area (Å²) in [6.45, 7) is 9.99. The standard InChI is InChI=1S/C18H25N5O2S/c1-12(26-17-20-21-22-23(17)18(3,4)5)16(25)15-8-6-14(7-9-15)10-11-19-13(2)24/h6-9,12H,10-11H2,1-5H3,(H,19,24)/t12-/m0/s1. The first-order chi connectivity index (χ1) is 12.2. The van der Waals surface area contributed by atoms with Crippen molar-refractivity contribution in [2.24, 2.45) is 0 Å². The molecule has 1 atom stereocenters. The second-order valence-corrected chi connectivity index (χ2v) is 8.41. The molecule has 2 rings (SSSR count). The number of carbonyl (C=O) groups is 2. The van der Waals surface area contributed by atoms with Crippen molar-refractivity contribution in [1.82, 2.24) is 25.5 Å². The lowest BCUT2D eigenvalue weighted by Crippen LogP contribution is -2.25. The van der Waals surface area contributed by atoms with E-state index in [9.17, 15) is 9.59 Å². The van der Waals surface area contributed by atoms with Crippen molar-refractivity contribution in [1.29, 1.82) is 0 Å². The van der Waals surface area contributed by atoms with Crippen LogP contribution in [0.4, 0.5) is 0 Å². The lowest BCUT2D eigenvalue weighted by molar-refractivity contribution is -0.118. The topological polar surface area (TPSA) is 89.8 Å². The molecule has 0 aliphatic heterocycles. The number of thioether (sulfide) groups is 1. The van der Waals surface area contributed by atoms with Gasteiger partial charge in [0, 0.05) is 19.0 Å². The highest BCUT2D eigenvalue weighted by atomic mass is 32.2. The molecule has 0 aliphatic carbocycles. The number of carbonyl (C=O) groups excluding carboxylic acids is 2. The van der Waals surface area contributed by atoms with Crippen LogP contribution in [0.1, 0.15) is 50.5 Å². The van der Waals surface area contributed by atoms with Gasteiger partial charge in [0.05, 0.1) is 10.8 Å². The van der Waals surface area contributed by atoms with E-state index in [1.165, 1.54) is 18.7 Å². The van der Waals surface area contributed by atoms with Crippen molar-refractivity contribution in [2.45, 2.75) is 57.0 Å². The Kier molecular flexibility index (Phi) is 6.52. The third-order valence-electron chi connectivity index (χ3n) is 3.75. The van der Waals surface area contributed by atoms with Gasteiger partial charge in [0.15, 0.2) is 5.78 Å². The summed E-state index contributed by atoms with van der Waals surface area (Å²) in [6, 6.07) is 7.50. The minimum absolute atomic E-state index is 0.0341. The molecule has 1 amide bonds. The van der Waals surface area contributed by atoms with Crippen LogP contribution in [-0.4, -0.2) is 43.7 Å². The number of benzene rings is 1. The monoisotopic (exact) mass is 375 g/mol. The Hall–Kier alpha value is -2.22. The number of amides is 1. The fourth-order valence-corrected chi connectivity index (χ4v) is 3.39. The van der Waals surface area contributed by atoms with Gasteiger partial charge in [-0.2, -0.15) is 0 Å². The van der Waals surface area contributed by atoms with Crippen LogP contribution >= 0.6 is 11.8 Å². The molecular weight excluding hydrogens is 350 g/mol. The number of tetrazole rings is 1. The summed E-state index contributed by atoms with van der Waals surface area (Å²) in [7, 11) is 0. The summed E-state index contributed by atoms with van der Waals surface area (Å²) in [5.41, 5.74) is 1.49. The van der Waals surface area contributed by atoms with Gasteiger partial charge in [-0.15, -0.1) is 5.10 Å². The van der Waals surface area contributed by atoms with Crippen molar-refractivity contribution in [3.63, 3.8) is 0 Å². The molecule has 0 radical (unpaired) electrons. The van der Waals surface area contributed by atoms with Crippen molar-refractivity contribution in [3.8, 4) is 0 Å². The Bertz CT molecular complexity index is 765. The molecule has 0 fully saturated rings. The summed E-state index contributed by atoms with van der Waals surface area (Å²) >= 11 is 1.36. The van der Waals surface area contributed by atoms with E-state index in [2.05, 4.69) is 20.8 Å². The zero-order valence-corrected chi connectivity index (χ0v) is 16.6. The molecule has 0 aliphatic rings. The largest absolute Gasteiger partial charge is 0.356 e. The molecule has 0 saturated heterocycles. The number of aromatic nitrogens is 4. The van der Waals surface area contributed by atoms with Crippen LogP contribution in [0.15, 0.2) is 29.4 Å². The molecule has 1 heterocycles. The van der Waals surface area contributed by atoms with Gasteiger partial charge in [-0.3, -0.25) is 9.59 Å². The van der Waals surface area contributed by atoms with Gasteiger partial charge in [0.25, 0.3) is 0 Å². The van der Waals surface area contributed by atoms with Gasteiger partial charge in [-0.1, -0.05) is 36.0 Å². The summed E-state index contributed by atoms with van der Waals surface area (Å²) in [5, 5.41) is 14.9. The lowest BCUT2D eigenvalue weighted by atomic mass is 10.0. The van der Waals surface area contributed by atoms with E-state index in [4.69, 9.17) is 0 Å². The Morgan fingerprint density at radius 2 is 1.88 bits per heavy atom. The molecule has 0 saturated carbocycles. The SMILES string of the molecule is CC(=O)NCCc1ccc(C(=O)[C@H](C)Sc2nnnn2C(C)(C)C)cc1. The average molecular weight is 375 g/mol. The summed E-state index contributed by atoms with van der Waals surface area (Å²) in [4.78, 5) is 23.6. The lowest BCUT2D eigenvalue weighted by Gasteiger charge is -2.20. The van der Waals surface area contributed by atoms with Gasteiger partial charge in [0.2, 0.25) is 11.1 Å². The van der Waals surface area contributed by atoms with Crippen LogP contribution < -0.4 is 5.32 Å². The second-order valence-electron chi connectivity index (χ2n) is 7.10. The first-order valence-electron chi connectivity index (χ1n) is 8.51. The number of nitrogens with zero attached hydrogens (tertiary/aromatic N) is 4. The number of Topliss-reactive ketones (excluding diaryl/α,β-unsaturated/α-hetero) is 1. The maximum Gasteiger partial charge on any atom is 0.216 e. The quantitative estimate of drug-likeness (QED) is 0.591. The number of nitrogens with one attached hydrogen (secondary N) is 1. The van der Waals surface area contributed by atoms with Crippen molar-refractivity contribution >= 4 is 23.5 Å². The summed E-state index contributed by atoms with van der Waals surface area (Å²) in [5.74, 6) is -0.00730. The predicted molar refractivity (Wildman–Crippen MR) is 101 cm³/mol. The number of hydrogen-bond donors (Lipinski definition) is 1. The fraction of sp³-hybridized carbons (Fsp3) is 0.500. The Labute approximate surface area is 157 Å². The summed E-state index contributed by atoms with van der Waals surface area (Å²) in [6.07, 6.45) is 0.735. The van der Waals surface area contributed by atoms with Crippen molar-refractivity contribution in [3.05, 3.63) is 35.4 Å². The third kappa shape index (κ3) is 5.39. The minimum atomic E-state index is -0.299. The molecular formula is C18H25N5O2S. The molecule has 1 aromatic carbocycles. The molecule has 0 unspecified atom stereocenters. The van der Waals surface area contributed by atoms with E-state index in [0.717, 1.165) is 12.0 Å². The first-order valence-corrected chi connectivity index (χ1v) is 9.39. The van der Waals surface area contributed by atoms with Crippen LogP contribution in [0.25, 0.3) is 0 Å². The van der Waals surface area contributed by atoms with E-state index in [1.54, 1.807) is 4.68 Å². The Morgan fingerprint density at radius 1 is 1.23 bits per heavy atom. The molecule has 140 valence electrons. The van der Waals surface area contributed by atoms with Crippen LogP contribution in [0.2, 0.25) is 0 Å². The van der Waals surface area contributed by atoms with Gasteiger partial charge in [-0.25, -0.2) is 4.68 Å². The smallest absolute Gasteiger partial charge is 0.216 e. The molecule has 8 heteroatoms. The molecule has 7 nitrogen and oxygen atoms in total. The van der Waals surface area contributed by atoms with Crippen LogP contribution in [0, 0.1) is 0 Å². The number of hydrogen-bond acceptors (Lipinski definition) is 6.